The highest BCUT2D eigenvalue weighted by atomic mass is 16.5. The van der Waals surface area contributed by atoms with Crippen molar-refractivity contribution in [3.63, 3.8) is 0 Å². The van der Waals surface area contributed by atoms with E-state index in [1.165, 1.54) is 12.8 Å². The number of ether oxygens (including phenoxy) is 2. The number of Topliss-reactive ketones (excluding diaryl/α,β-unsaturated/α-hetero) is 2. The molecule has 2 heterocycles. The van der Waals surface area contributed by atoms with Crippen LogP contribution in [-0.4, -0.2) is 98.9 Å². The molecular weight excluding hydrogens is 442 g/mol. The fourth-order valence-corrected chi connectivity index (χ4v) is 4.69. The molecule has 0 bridgehead atoms. The average molecular weight is 480 g/mol. The van der Waals surface area contributed by atoms with Gasteiger partial charge in [0.2, 0.25) is 11.6 Å². The molecule has 7 nitrogen and oxygen atoms in total. The molecule has 35 heavy (non-hydrogen) atoms. The Labute approximate surface area is 208 Å². The third-order valence-electron chi connectivity index (χ3n) is 7.10. The van der Waals surface area contributed by atoms with E-state index < -0.39 is 11.6 Å². The molecule has 0 spiro atoms. The maximum absolute atomic E-state index is 12.7. The highest BCUT2D eigenvalue weighted by Crippen LogP contribution is 2.20. The van der Waals surface area contributed by atoms with Gasteiger partial charge in [0.05, 0.1) is 6.61 Å². The Morgan fingerprint density at radius 1 is 0.771 bits per heavy atom. The number of nitrogens with zero attached hydrogens (tertiary/aromatic N) is 3. The molecule has 1 unspecified atom stereocenters. The monoisotopic (exact) mass is 479 g/mol. The number of carbonyl (C=O) groups excluding carboxylic acids is 2. The van der Waals surface area contributed by atoms with Crippen LogP contribution in [0.2, 0.25) is 0 Å². The molecule has 4 rings (SSSR count). The highest BCUT2D eigenvalue weighted by molar-refractivity contribution is 6.49. The van der Waals surface area contributed by atoms with E-state index >= 15 is 0 Å². The first-order valence-electron chi connectivity index (χ1n) is 12.7. The van der Waals surface area contributed by atoms with Crippen molar-refractivity contribution in [3.8, 4) is 11.5 Å². The number of piperazine rings is 1. The summed E-state index contributed by atoms with van der Waals surface area (Å²) in [5.41, 5.74) is 0.729. The van der Waals surface area contributed by atoms with E-state index in [1.807, 2.05) is 0 Å². The lowest BCUT2D eigenvalue weighted by Crippen LogP contribution is -2.45. The summed E-state index contributed by atoms with van der Waals surface area (Å²) in [7, 11) is 4.30. The zero-order valence-electron chi connectivity index (χ0n) is 20.9. The van der Waals surface area contributed by atoms with Gasteiger partial charge in [0, 0.05) is 49.9 Å². The van der Waals surface area contributed by atoms with Crippen LogP contribution in [0.25, 0.3) is 0 Å². The molecule has 1 atom stereocenters. The van der Waals surface area contributed by atoms with Crippen LogP contribution in [0.15, 0.2) is 48.5 Å². The van der Waals surface area contributed by atoms with Gasteiger partial charge >= 0.3 is 0 Å². The number of benzene rings is 2. The molecule has 0 saturated carbocycles. The predicted molar refractivity (Wildman–Crippen MR) is 137 cm³/mol. The van der Waals surface area contributed by atoms with Crippen molar-refractivity contribution in [1.29, 1.82) is 0 Å². The molecule has 2 saturated heterocycles. The van der Waals surface area contributed by atoms with Gasteiger partial charge in [0.15, 0.2) is 0 Å². The lowest BCUT2D eigenvalue weighted by Gasteiger charge is -2.32. The normalized spacial score (nSPS) is 19.5. The molecule has 2 aliphatic heterocycles. The smallest absolute Gasteiger partial charge is 0.233 e. The van der Waals surface area contributed by atoms with Crippen LogP contribution in [0.1, 0.15) is 40.0 Å². The molecule has 0 amide bonds. The van der Waals surface area contributed by atoms with Crippen LogP contribution in [0.4, 0.5) is 0 Å². The van der Waals surface area contributed by atoms with Crippen LogP contribution < -0.4 is 9.47 Å². The van der Waals surface area contributed by atoms with E-state index in [-0.39, 0.29) is 0 Å². The molecular formula is C28H37N3O4. The maximum Gasteiger partial charge on any atom is 0.233 e. The van der Waals surface area contributed by atoms with Crippen molar-refractivity contribution < 1.29 is 19.1 Å². The third-order valence-corrected chi connectivity index (χ3v) is 7.10. The first-order valence-corrected chi connectivity index (χ1v) is 12.7. The SMILES string of the molecule is CN1CCN(CCOc2ccc(C(=O)C(=O)c3ccc(OCCC4CCCN4C)cc3)cc2)CC1. The number of likely N-dealkylation sites (N-methyl/N-ethyl adjacent to an activating group) is 1. The molecule has 7 heteroatoms. The van der Waals surface area contributed by atoms with Crippen LogP contribution in [0, 0.1) is 0 Å². The zero-order valence-corrected chi connectivity index (χ0v) is 20.9. The van der Waals surface area contributed by atoms with Crippen molar-refractivity contribution in [3.05, 3.63) is 59.7 Å². The van der Waals surface area contributed by atoms with Crippen LogP contribution in [-0.2, 0) is 0 Å². The minimum atomic E-state index is -0.521. The standard InChI is InChI=1S/C28H37N3O4/c1-29-15-17-31(18-16-29)19-21-35-26-11-7-23(8-12-26)28(33)27(32)22-5-9-25(10-6-22)34-20-13-24-4-3-14-30(24)2/h5-12,24H,3-4,13-21H2,1-2H3. The number of carbonyl (C=O) groups is 2. The van der Waals surface area contributed by atoms with Gasteiger partial charge in [-0.1, -0.05) is 0 Å². The third kappa shape index (κ3) is 7.13. The lowest BCUT2D eigenvalue weighted by molar-refractivity contribution is 0.0817. The number of ketones is 2. The van der Waals surface area contributed by atoms with E-state index in [0.717, 1.165) is 45.7 Å². The number of hydrogen-bond acceptors (Lipinski definition) is 7. The molecule has 0 radical (unpaired) electrons. The van der Waals surface area contributed by atoms with Gasteiger partial charge < -0.3 is 19.3 Å². The van der Waals surface area contributed by atoms with Gasteiger partial charge in [-0.3, -0.25) is 14.5 Å². The van der Waals surface area contributed by atoms with Crippen LogP contribution in [0.5, 0.6) is 11.5 Å². The van der Waals surface area contributed by atoms with Crippen molar-refractivity contribution in [2.45, 2.75) is 25.3 Å². The Hall–Kier alpha value is -2.74. The topological polar surface area (TPSA) is 62.3 Å². The fourth-order valence-electron chi connectivity index (χ4n) is 4.69. The van der Waals surface area contributed by atoms with Crippen LogP contribution in [0.3, 0.4) is 0 Å². The van der Waals surface area contributed by atoms with E-state index in [9.17, 15) is 9.59 Å². The zero-order chi connectivity index (χ0) is 24.6. The van der Waals surface area contributed by atoms with Gasteiger partial charge in [-0.25, -0.2) is 0 Å². The molecule has 2 aromatic rings. The summed E-state index contributed by atoms with van der Waals surface area (Å²) in [5.74, 6) is 0.376. The second-order valence-corrected chi connectivity index (χ2v) is 9.61. The van der Waals surface area contributed by atoms with E-state index in [0.29, 0.717) is 41.9 Å². The summed E-state index contributed by atoms with van der Waals surface area (Å²) in [6.45, 7) is 7.55. The van der Waals surface area contributed by atoms with Crippen molar-refractivity contribution in [2.75, 3.05) is 66.6 Å². The summed E-state index contributed by atoms with van der Waals surface area (Å²) in [6.07, 6.45) is 3.46. The largest absolute Gasteiger partial charge is 0.494 e. The number of rotatable bonds is 11. The first kappa shape index (κ1) is 25.4. The van der Waals surface area contributed by atoms with Crippen molar-refractivity contribution in [2.24, 2.45) is 0 Å². The molecule has 2 fully saturated rings. The maximum atomic E-state index is 12.7. The minimum Gasteiger partial charge on any atom is -0.494 e. The van der Waals surface area contributed by atoms with Gasteiger partial charge in [0.1, 0.15) is 18.1 Å². The number of likely N-dealkylation sites (tertiary alicyclic amines) is 1. The summed E-state index contributed by atoms with van der Waals surface area (Å²) in [6, 6.07) is 14.2. The molecule has 0 N–H and O–H groups in total. The quantitative estimate of drug-likeness (QED) is 0.362. The Kier molecular flexibility index (Phi) is 8.90. The Morgan fingerprint density at radius 3 is 1.83 bits per heavy atom. The Morgan fingerprint density at radius 2 is 1.31 bits per heavy atom. The van der Waals surface area contributed by atoms with Crippen molar-refractivity contribution in [1.82, 2.24) is 14.7 Å². The molecule has 2 aliphatic rings. The minimum absolute atomic E-state index is 0.363. The molecule has 2 aromatic carbocycles. The van der Waals surface area contributed by atoms with Crippen molar-refractivity contribution >= 4 is 11.6 Å². The Bertz CT molecular complexity index is 969. The van der Waals surface area contributed by atoms with E-state index in [2.05, 4.69) is 28.8 Å². The fraction of sp³-hybridized carbons (Fsp3) is 0.500. The summed E-state index contributed by atoms with van der Waals surface area (Å²) in [4.78, 5) is 32.5. The second-order valence-electron chi connectivity index (χ2n) is 9.61. The highest BCUT2D eigenvalue weighted by Gasteiger charge is 2.21. The van der Waals surface area contributed by atoms with E-state index in [1.54, 1.807) is 48.5 Å². The van der Waals surface area contributed by atoms with Gasteiger partial charge in [-0.15, -0.1) is 0 Å². The molecule has 0 aliphatic carbocycles. The number of hydrogen-bond donors (Lipinski definition) is 0. The summed E-state index contributed by atoms with van der Waals surface area (Å²) in [5, 5.41) is 0. The predicted octanol–water partition coefficient (Wildman–Crippen LogP) is 3.24. The van der Waals surface area contributed by atoms with Gasteiger partial charge in [0.25, 0.3) is 0 Å². The summed E-state index contributed by atoms with van der Waals surface area (Å²) >= 11 is 0. The van der Waals surface area contributed by atoms with Crippen LogP contribution >= 0.6 is 0 Å². The first-order chi connectivity index (χ1) is 17.0. The van der Waals surface area contributed by atoms with Gasteiger partial charge in [-0.05, 0) is 88.4 Å². The van der Waals surface area contributed by atoms with E-state index in [4.69, 9.17) is 9.47 Å². The molecule has 188 valence electrons. The average Bonchev–Trinajstić information content (AvgIpc) is 3.29. The second kappa shape index (κ2) is 12.3. The lowest BCUT2D eigenvalue weighted by atomic mass is 10.0. The van der Waals surface area contributed by atoms with Gasteiger partial charge in [-0.2, -0.15) is 0 Å². The Balaban J connectivity index is 1.22. The molecule has 0 aromatic heterocycles. The summed E-state index contributed by atoms with van der Waals surface area (Å²) < 4.78 is 11.7.